The molecule has 0 spiro atoms. The quantitative estimate of drug-likeness (QED) is 0.370. The minimum atomic E-state index is 0.194. The van der Waals surface area contributed by atoms with Crippen LogP contribution in [0.1, 0.15) is 13.8 Å². The van der Waals surface area contributed by atoms with Gasteiger partial charge in [0, 0.05) is 31.7 Å². The van der Waals surface area contributed by atoms with Gasteiger partial charge in [0.2, 0.25) is 0 Å². The van der Waals surface area contributed by atoms with E-state index in [1.807, 2.05) is 6.92 Å². The fourth-order valence-corrected chi connectivity index (χ4v) is 0.857. The molecule has 0 heterocycles. The van der Waals surface area contributed by atoms with Crippen LogP contribution in [-0.4, -0.2) is 43.4 Å². The molecule has 0 saturated heterocycles. The van der Waals surface area contributed by atoms with E-state index in [0.29, 0.717) is 12.6 Å². The van der Waals surface area contributed by atoms with Crippen molar-refractivity contribution in [2.75, 3.05) is 26.2 Å². The molecule has 0 amide bonds. The zero-order valence-electron chi connectivity index (χ0n) is 8.01. The highest BCUT2D eigenvalue weighted by Crippen LogP contribution is 1.79. The van der Waals surface area contributed by atoms with Crippen LogP contribution in [0.3, 0.4) is 0 Å². The summed E-state index contributed by atoms with van der Waals surface area (Å²) in [7, 11) is 0. The summed E-state index contributed by atoms with van der Waals surface area (Å²) in [6.07, 6.45) is 0. The van der Waals surface area contributed by atoms with E-state index < -0.39 is 0 Å². The van der Waals surface area contributed by atoms with E-state index in [2.05, 4.69) is 17.6 Å². The zero-order chi connectivity index (χ0) is 9.40. The molecular weight excluding hydrogens is 154 g/mol. The van der Waals surface area contributed by atoms with Crippen LogP contribution < -0.4 is 16.4 Å². The fourth-order valence-electron chi connectivity index (χ4n) is 0.857. The second kappa shape index (κ2) is 7.49. The number of hydrogen-bond donors (Lipinski definition) is 4. The summed E-state index contributed by atoms with van der Waals surface area (Å²) in [6.45, 7) is 6.62. The lowest BCUT2D eigenvalue weighted by Crippen LogP contribution is -2.42. The van der Waals surface area contributed by atoms with Crippen LogP contribution in [0.15, 0.2) is 0 Å². The Morgan fingerprint density at radius 1 is 1.33 bits per heavy atom. The molecule has 4 nitrogen and oxygen atoms in total. The molecule has 0 aromatic rings. The number of aliphatic hydroxyl groups is 1. The number of nitrogens with one attached hydrogen (secondary N) is 2. The zero-order valence-corrected chi connectivity index (χ0v) is 8.01. The van der Waals surface area contributed by atoms with E-state index in [4.69, 9.17) is 10.8 Å². The average Bonchev–Trinajstić information content (AvgIpc) is 2.01. The van der Waals surface area contributed by atoms with Gasteiger partial charge in [-0.1, -0.05) is 0 Å². The highest BCUT2D eigenvalue weighted by atomic mass is 16.3. The number of rotatable bonds is 7. The third kappa shape index (κ3) is 7.94. The molecule has 4 heteroatoms. The van der Waals surface area contributed by atoms with Crippen molar-refractivity contribution in [3.63, 3.8) is 0 Å². The molecule has 0 rings (SSSR count). The van der Waals surface area contributed by atoms with Crippen molar-refractivity contribution in [3.05, 3.63) is 0 Å². The van der Waals surface area contributed by atoms with Crippen molar-refractivity contribution >= 4 is 0 Å². The monoisotopic (exact) mass is 175 g/mol. The second-order valence-electron chi connectivity index (χ2n) is 3.21. The van der Waals surface area contributed by atoms with Gasteiger partial charge in [0.05, 0.1) is 6.61 Å². The summed E-state index contributed by atoms with van der Waals surface area (Å²) in [5.74, 6) is 0. The molecular formula is C8H21N3O. The number of nitrogens with two attached hydrogens (primary N) is 1. The highest BCUT2D eigenvalue weighted by Gasteiger charge is 2.00. The predicted octanol–water partition coefficient (Wildman–Crippen LogP) is -1.11. The summed E-state index contributed by atoms with van der Waals surface area (Å²) < 4.78 is 0. The lowest BCUT2D eigenvalue weighted by Gasteiger charge is -2.15. The Hall–Kier alpha value is -0.160. The molecule has 0 aliphatic rings. The predicted molar refractivity (Wildman–Crippen MR) is 51.1 cm³/mol. The Bertz CT molecular complexity index is 98.3. The van der Waals surface area contributed by atoms with Gasteiger partial charge in [0.25, 0.3) is 0 Å². The maximum absolute atomic E-state index is 8.49. The van der Waals surface area contributed by atoms with Crippen LogP contribution in [0.4, 0.5) is 0 Å². The lowest BCUT2D eigenvalue weighted by atomic mass is 10.3. The van der Waals surface area contributed by atoms with Crippen molar-refractivity contribution in [3.8, 4) is 0 Å². The summed E-state index contributed by atoms with van der Waals surface area (Å²) in [4.78, 5) is 0. The topological polar surface area (TPSA) is 70.3 Å². The third-order valence-electron chi connectivity index (χ3n) is 1.53. The Kier molecular flexibility index (Phi) is 7.39. The molecule has 0 aromatic carbocycles. The molecule has 0 fully saturated rings. The standard InChI is InChI=1S/C8H21N3O/c1-7(9)5-11-8(2)6-10-3-4-12/h7-8,10-12H,3-6,9H2,1-2H3. The van der Waals surface area contributed by atoms with Gasteiger partial charge in [0.15, 0.2) is 0 Å². The molecule has 0 saturated carbocycles. The number of hydrogen-bond acceptors (Lipinski definition) is 4. The molecule has 2 atom stereocenters. The van der Waals surface area contributed by atoms with Gasteiger partial charge in [-0.2, -0.15) is 0 Å². The Morgan fingerprint density at radius 2 is 2.00 bits per heavy atom. The minimum absolute atomic E-state index is 0.194. The SMILES string of the molecule is CC(N)CNC(C)CNCCO. The summed E-state index contributed by atoms with van der Waals surface area (Å²) in [6, 6.07) is 0.604. The Morgan fingerprint density at radius 3 is 2.50 bits per heavy atom. The van der Waals surface area contributed by atoms with Gasteiger partial charge >= 0.3 is 0 Å². The first kappa shape index (κ1) is 11.8. The first-order valence-electron chi connectivity index (χ1n) is 4.47. The summed E-state index contributed by atoms with van der Waals surface area (Å²) in [5, 5.41) is 14.9. The lowest BCUT2D eigenvalue weighted by molar-refractivity contribution is 0.289. The van der Waals surface area contributed by atoms with Crippen LogP contribution >= 0.6 is 0 Å². The van der Waals surface area contributed by atoms with E-state index in [1.165, 1.54) is 0 Å². The van der Waals surface area contributed by atoms with Gasteiger partial charge in [-0.25, -0.2) is 0 Å². The van der Waals surface area contributed by atoms with E-state index in [9.17, 15) is 0 Å². The van der Waals surface area contributed by atoms with Crippen LogP contribution in [0, 0.1) is 0 Å². The van der Waals surface area contributed by atoms with Crippen molar-refractivity contribution in [1.29, 1.82) is 0 Å². The number of aliphatic hydroxyl groups excluding tert-OH is 1. The van der Waals surface area contributed by atoms with Crippen LogP contribution in [0.5, 0.6) is 0 Å². The van der Waals surface area contributed by atoms with Crippen LogP contribution in [-0.2, 0) is 0 Å². The average molecular weight is 175 g/mol. The molecule has 0 aromatic heterocycles. The molecule has 0 aliphatic heterocycles. The Labute approximate surface area is 74.5 Å². The Balaban J connectivity index is 3.15. The van der Waals surface area contributed by atoms with Gasteiger partial charge in [0.1, 0.15) is 0 Å². The molecule has 5 N–H and O–H groups in total. The first-order valence-corrected chi connectivity index (χ1v) is 4.47. The summed E-state index contributed by atoms with van der Waals surface area (Å²) in [5.41, 5.74) is 5.57. The first-order chi connectivity index (χ1) is 5.66. The maximum Gasteiger partial charge on any atom is 0.0555 e. The van der Waals surface area contributed by atoms with E-state index in [0.717, 1.165) is 13.1 Å². The van der Waals surface area contributed by atoms with Crippen molar-refractivity contribution in [2.45, 2.75) is 25.9 Å². The van der Waals surface area contributed by atoms with Crippen LogP contribution in [0.2, 0.25) is 0 Å². The van der Waals surface area contributed by atoms with Gasteiger partial charge in [-0.05, 0) is 13.8 Å². The fraction of sp³-hybridized carbons (Fsp3) is 1.00. The van der Waals surface area contributed by atoms with Gasteiger partial charge in [-0.15, -0.1) is 0 Å². The summed E-state index contributed by atoms with van der Waals surface area (Å²) >= 11 is 0. The second-order valence-corrected chi connectivity index (χ2v) is 3.21. The normalized spacial score (nSPS) is 16.0. The third-order valence-corrected chi connectivity index (χ3v) is 1.53. The molecule has 0 aliphatic carbocycles. The smallest absolute Gasteiger partial charge is 0.0555 e. The molecule has 2 unspecified atom stereocenters. The molecule has 0 radical (unpaired) electrons. The molecule has 74 valence electrons. The van der Waals surface area contributed by atoms with Crippen molar-refractivity contribution in [2.24, 2.45) is 5.73 Å². The largest absolute Gasteiger partial charge is 0.395 e. The van der Waals surface area contributed by atoms with E-state index in [-0.39, 0.29) is 12.6 Å². The molecule has 0 bridgehead atoms. The van der Waals surface area contributed by atoms with Gasteiger partial charge in [-0.3, -0.25) is 0 Å². The van der Waals surface area contributed by atoms with Crippen molar-refractivity contribution < 1.29 is 5.11 Å². The van der Waals surface area contributed by atoms with Crippen LogP contribution in [0.25, 0.3) is 0 Å². The maximum atomic E-state index is 8.49. The minimum Gasteiger partial charge on any atom is -0.395 e. The molecule has 12 heavy (non-hydrogen) atoms. The van der Waals surface area contributed by atoms with Gasteiger partial charge < -0.3 is 21.5 Å². The van der Waals surface area contributed by atoms with E-state index >= 15 is 0 Å². The highest BCUT2D eigenvalue weighted by molar-refractivity contribution is 4.66. The van der Waals surface area contributed by atoms with E-state index in [1.54, 1.807) is 0 Å². The van der Waals surface area contributed by atoms with Crippen molar-refractivity contribution in [1.82, 2.24) is 10.6 Å².